The molecule has 0 atom stereocenters. The van der Waals surface area contributed by atoms with Crippen LogP contribution < -0.4 is 5.32 Å². The molecule has 0 spiro atoms. The van der Waals surface area contributed by atoms with Crippen molar-refractivity contribution in [2.45, 2.75) is 32.6 Å². The molecule has 1 amide bonds. The molecule has 0 aliphatic rings. The van der Waals surface area contributed by atoms with E-state index in [1.807, 2.05) is 65.3 Å². The highest BCUT2D eigenvalue weighted by Gasteiger charge is 2.08. The normalized spacial score (nSPS) is 10.9. The third kappa shape index (κ3) is 4.48. The predicted octanol–water partition coefficient (Wildman–Crippen LogP) is 4.78. The molecule has 1 N–H and O–H groups in total. The molecule has 29 heavy (non-hydrogen) atoms. The van der Waals surface area contributed by atoms with Crippen LogP contribution >= 0.6 is 0 Å². The number of carbonyl (C=O) groups excluding carboxylic acids is 1. The molecule has 4 aromatic rings. The first kappa shape index (κ1) is 18.8. The highest BCUT2D eigenvalue weighted by Crippen LogP contribution is 2.21. The Kier molecular flexibility index (Phi) is 5.61. The van der Waals surface area contributed by atoms with Crippen LogP contribution in [0.4, 0.5) is 5.69 Å². The zero-order chi connectivity index (χ0) is 20.1. The van der Waals surface area contributed by atoms with E-state index in [2.05, 4.69) is 27.4 Å². The smallest absolute Gasteiger partial charge is 0.255 e. The number of imidazole rings is 1. The van der Waals surface area contributed by atoms with Crippen LogP contribution in [0.5, 0.6) is 0 Å². The van der Waals surface area contributed by atoms with Gasteiger partial charge in [-0.1, -0.05) is 44.0 Å². The van der Waals surface area contributed by atoms with Crippen molar-refractivity contribution in [1.82, 2.24) is 19.6 Å². The van der Waals surface area contributed by atoms with E-state index in [0.717, 1.165) is 23.4 Å². The van der Waals surface area contributed by atoms with Crippen molar-refractivity contribution in [3.8, 4) is 11.3 Å². The van der Waals surface area contributed by atoms with Gasteiger partial charge in [0.05, 0.1) is 11.9 Å². The number of benzene rings is 2. The van der Waals surface area contributed by atoms with E-state index < -0.39 is 0 Å². The molecule has 4 rings (SSSR count). The molecule has 0 unspecified atom stereocenters. The minimum Gasteiger partial charge on any atom is -0.322 e. The molecule has 2 aromatic carbocycles. The van der Waals surface area contributed by atoms with Gasteiger partial charge < -0.3 is 5.32 Å². The van der Waals surface area contributed by atoms with Gasteiger partial charge in [0.2, 0.25) is 0 Å². The number of anilines is 1. The highest BCUT2D eigenvalue weighted by atomic mass is 16.1. The van der Waals surface area contributed by atoms with Crippen LogP contribution in [0.25, 0.3) is 17.0 Å². The number of nitrogens with one attached hydrogen (secondary N) is 1. The number of aromatic nitrogens is 4. The number of unbranched alkanes of at least 4 members (excludes halogenated alkanes) is 2. The third-order valence-electron chi connectivity index (χ3n) is 4.88. The van der Waals surface area contributed by atoms with E-state index in [1.54, 1.807) is 6.20 Å². The van der Waals surface area contributed by atoms with Crippen LogP contribution in [-0.4, -0.2) is 25.5 Å². The molecule has 2 aromatic heterocycles. The lowest BCUT2D eigenvalue weighted by atomic mass is 10.0. The van der Waals surface area contributed by atoms with Gasteiger partial charge in [0.15, 0.2) is 0 Å². The molecular weight excluding hydrogens is 362 g/mol. The molecular formula is C23H23N5O. The number of fused-ring (bicyclic) bond motifs is 1. The topological polar surface area (TPSA) is 72.2 Å². The van der Waals surface area contributed by atoms with Crippen LogP contribution in [0.3, 0.4) is 0 Å². The lowest BCUT2D eigenvalue weighted by Gasteiger charge is -2.07. The largest absolute Gasteiger partial charge is 0.322 e. The van der Waals surface area contributed by atoms with Crippen LogP contribution in [0.15, 0.2) is 67.1 Å². The van der Waals surface area contributed by atoms with Gasteiger partial charge in [-0.05, 0) is 42.7 Å². The first-order valence-corrected chi connectivity index (χ1v) is 9.90. The molecule has 0 saturated carbocycles. The van der Waals surface area contributed by atoms with Crippen molar-refractivity contribution in [2.24, 2.45) is 0 Å². The number of nitrogens with zero attached hydrogens (tertiary/aromatic N) is 4. The van der Waals surface area contributed by atoms with Gasteiger partial charge in [-0.3, -0.25) is 9.20 Å². The predicted molar refractivity (Wildman–Crippen MR) is 114 cm³/mol. The Morgan fingerprint density at radius 3 is 2.55 bits per heavy atom. The Bertz CT molecular complexity index is 1070. The van der Waals surface area contributed by atoms with Crippen molar-refractivity contribution in [3.63, 3.8) is 0 Å². The number of amides is 1. The van der Waals surface area contributed by atoms with Gasteiger partial charge in [-0.2, -0.15) is 5.10 Å². The quantitative estimate of drug-likeness (QED) is 0.465. The third-order valence-corrected chi connectivity index (χ3v) is 4.88. The van der Waals surface area contributed by atoms with Crippen LogP contribution in [0.2, 0.25) is 0 Å². The lowest BCUT2D eigenvalue weighted by Crippen LogP contribution is -2.11. The van der Waals surface area contributed by atoms with E-state index in [9.17, 15) is 4.79 Å². The Morgan fingerprint density at radius 2 is 1.83 bits per heavy atom. The van der Waals surface area contributed by atoms with Gasteiger partial charge in [0.1, 0.15) is 0 Å². The maximum absolute atomic E-state index is 12.5. The summed E-state index contributed by atoms with van der Waals surface area (Å²) in [5, 5.41) is 10.8. The zero-order valence-electron chi connectivity index (χ0n) is 16.4. The number of carbonyl (C=O) groups is 1. The van der Waals surface area contributed by atoms with Crippen LogP contribution in [0.1, 0.15) is 42.1 Å². The SMILES string of the molecule is CCCCCc1ccc(C(=O)Nc2ccc(-c3cn4ccnnc4n3)cc2)cc1. The van der Waals surface area contributed by atoms with Gasteiger partial charge in [-0.15, -0.1) is 5.10 Å². The zero-order valence-corrected chi connectivity index (χ0v) is 16.4. The second kappa shape index (κ2) is 8.65. The molecule has 6 heteroatoms. The summed E-state index contributed by atoms with van der Waals surface area (Å²) in [4.78, 5) is 17.0. The first-order valence-electron chi connectivity index (χ1n) is 9.90. The van der Waals surface area contributed by atoms with E-state index in [4.69, 9.17) is 0 Å². The highest BCUT2D eigenvalue weighted by molar-refractivity contribution is 6.04. The van der Waals surface area contributed by atoms with Crippen LogP contribution in [0, 0.1) is 0 Å². The minimum atomic E-state index is -0.110. The van der Waals surface area contributed by atoms with Gasteiger partial charge in [0.25, 0.3) is 11.7 Å². The fraction of sp³-hybridized carbons (Fsp3) is 0.217. The van der Waals surface area contributed by atoms with Gasteiger partial charge >= 0.3 is 0 Å². The average molecular weight is 385 g/mol. The molecule has 0 saturated heterocycles. The lowest BCUT2D eigenvalue weighted by molar-refractivity contribution is 0.102. The number of aryl methyl sites for hydroxylation is 1. The fourth-order valence-electron chi connectivity index (χ4n) is 3.22. The number of hydrogen-bond donors (Lipinski definition) is 1. The summed E-state index contributed by atoms with van der Waals surface area (Å²) in [7, 11) is 0. The monoisotopic (exact) mass is 385 g/mol. The van der Waals surface area contributed by atoms with E-state index in [-0.39, 0.29) is 5.91 Å². The van der Waals surface area contributed by atoms with E-state index in [0.29, 0.717) is 11.3 Å². The van der Waals surface area contributed by atoms with E-state index >= 15 is 0 Å². The maximum Gasteiger partial charge on any atom is 0.255 e. The summed E-state index contributed by atoms with van der Waals surface area (Å²) >= 11 is 0. The van der Waals surface area contributed by atoms with Gasteiger partial charge in [-0.25, -0.2) is 4.98 Å². The average Bonchev–Trinajstić information content (AvgIpc) is 3.19. The standard InChI is InChI=1S/C23H23N5O/c1-2-3-4-5-17-6-8-19(9-7-17)22(29)25-20-12-10-18(11-13-20)21-16-28-15-14-24-27-23(28)26-21/h6-16H,2-5H2,1H3,(H,25,29). The molecule has 0 radical (unpaired) electrons. The first-order chi connectivity index (χ1) is 14.2. The molecule has 0 aliphatic heterocycles. The van der Waals surface area contributed by atoms with Gasteiger partial charge in [0, 0.05) is 29.2 Å². The summed E-state index contributed by atoms with van der Waals surface area (Å²) in [6.07, 6.45) is 10.0. The summed E-state index contributed by atoms with van der Waals surface area (Å²) in [6, 6.07) is 15.5. The van der Waals surface area contributed by atoms with Crippen molar-refractivity contribution in [3.05, 3.63) is 78.2 Å². The van der Waals surface area contributed by atoms with E-state index in [1.165, 1.54) is 24.8 Å². The molecule has 0 aliphatic carbocycles. The van der Waals surface area contributed by atoms with Crippen molar-refractivity contribution in [1.29, 1.82) is 0 Å². The molecule has 0 fully saturated rings. The number of hydrogen-bond acceptors (Lipinski definition) is 4. The van der Waals surface area contributed by atoms with Crippen LogP contribution in [-0.2, 0) is 6.42 Å². The summed E-state index contributed by atoms with van der Waals surface area (Å²) < 4.78 is 1.82. The Hall–Kier alpha value is -3.54. The fourth-order valence-corrected chi connectivity index (χ4v) is 3.22. The molecule has 6 nitrogen and oxygen atoms in total. The number of rotatable bonds is 7. The minimum absolute atomic E-state index is 0.110. The summed E-state index contributed by atoms with van der Waals surface area (Å²) in [6.45, 7) is 2.20. The molecule has 0 bridgehead atoms. The maximum atomic E-state index is 12.5. The van der Waals surface area contributed by atoms with Crippen molar-refractivity contribution >= 4 is 17.4 Å². The Balaban J connectivity index is 1.41. The van der Waals surface area contributed by atoms with Crippen molar-refractivity contribution < 1.29 is 4.79 Å². The summed E-state index contributed by atoms with van der Waals surface area (Å²) in [5.41, 5.74) is 4.44. The Morgan fingerprint density at radius 1 is 1.03 bits per heavy atom. The summed E-state index contributed by atoms with van der Waals surface area (Å²) in [5.74, 6) is 0.443. The second-order valence-corrected chi connectivity index (χ2v) is 7.03. The Labute approximate surface area is 169 Å². The second-order valence-electron chi connectivity index (χ2n) is 7.03. The molecule has 146 valence electrons. The molecule has 2 heterocycles. The van der Waals surface area contributed by atoms with Crippen molar-refractivity contribution in [2.75, 3.05) is 5.32 Å².